The van der Waals surface area contributed by atoms with E-state index in [9.17, 15) is 15.0 Å². The number of fused-ring (bicyclic) bond motifs is 1. The summed E-state index contributed by atoms with van der Waals surface area (Å²) in [6.07, 6.45) is 0.939. The molecule has 0 aromatic heterocycles. The Kier molecular flexibility index (Phi) is 0.698. The first kappa shape index (κ1) is 5.91. The van der Waals surface area contributed by atoms with E-state index in [2.05, 4.69) is 0 Å². The third kappa shape index (κ3) is 0.380. The molecule has 0 amide bonds. The van der Waals surface area contributed by atoms with Crippen LogP contribution >= 0.6 is 0 Å². The number of rotatable bonds is 0. The van der Waals surface area contributed by atoms with Gasteiger partial charge in [-0.15, -0.1) is 0 Å². The number of carbonyl (C=O) groups excluding carboxylic acids is 1. The molecule has 0 aromatic rings. The van der Waals surface area contributed by atoms with Gasteiger partial charge in [0.1, 0.15) is 0 Å². The van der Waals surface area contributed by atoms with E-state index in [-0.39, 0.29) is 11.7 Å². The summed E-state index contributed by atoms with van der Waals surface area (Å²) >= 11 is 0. The monoisotopic (exact) mass is 152 g/mol. The number of hydrogen-bond donors (Lipinski definition) is 2. The molecule has 11 heavy (non-hydrogen) atoms. The molecule has 3 heteroatoms. The Hall–Kier alpha value is -0.670. The summed E-state index contributed by atoms with van der Waals surface area (Å²) in [5, 5.41) is 18.8. The topological polar surface area (TPSA) is 57.5 Å². The van der Waals surface area contributed by atoms with Gasteiger partial charge in [-0.05, 0) is 6.42 Å². The first-order valence-corrected chi connectivity index (χ1v) is 3.81. The molecule has 0 aromatic carbocycles. The maximum atomic E-state index is 11.1. The van der Waals surface area contributed by atoms with Gasteiger partial charge in [-0.1, -0.05) is 6.08 Å². The highest BCUT2D eigenvalue weighted by Crippen LogP contribution is 2.66. The first-order valence-electron chi connectivity index (χ1n) is 3.81. The highest BCUT2D eigenvalue weighted by atomic mass is 16.3. The van der Waals surface area contributed by atoms with Crippen molar-refractivity contribution in [2.75, 3.05) is 0 Å². The van der Waals surface area contributed by atoms with Crippen LogP contribution in [-0.4, -0.2) is 28.2 Å². The van der Waals surface area contributed by atoms with Gasteiger partial charge in [0.05, 0.1) is 17.6 Å². The summed E-state index contributed by atoms with van der Waals surface area (Å²) in [6, 6.07) is 0. The Morgan fingerprint density at radius 1 is 1.55 bits per heavy atom. The lowest BCUT2D eigenvalue weighted by atomic mass is 10.0. The average Bonchev–Trinajstić information content (AvgIpc) is 2.43. The third-order valence-corrected chi connectivity index (χ3v) is 3.27. The summed E-state index contributed by atoms with van der Waals surface area (Å²) in [5.41, 5.74) is 0.157. The second-order valence-corrected chi connectivity index (χ2v) is 3.68. The Bertz CT molecular complexity index is 294. The lowest BCUT2D eigenvalue weighted by molar-refractivity contribution is -0.115. The van der Waals surface area contributed by atoms with Gasteiger partial charge in [0.15, 0.2) is 5.78 Å². The van der Waals surface area contributed by atoms with Crippen LogP contribution in [0.1, 0.15) is 6.42 Å². The molecule has 3 rings (SSSR count). The van der Waals surface area contributed by atoms with Gasteiger partial charge in [0, 0.05) is 11.5 Å². The van der Waals surface area contributed by atoms with E-state index < -0.39 is 17.6 Å². The largest absolute Gasteiger partial charge is 0.390 e. The Morgan fingerprint density at radius 3 is 2.82 bits per heavy atom. The van der Waals surface area contributed by atoms with E-state index in [1.165, 1.54) is 0 Å². The van der Waals surface area contributed by atoms with Crippen LogP contribution in [0.25, 0.3) is 0 Å². The van der Waals surface area contributed by atoms with Crippen LogP contribution in [0, 0.1) is 11.3 Å². The smallest absolute Gasteiger partial charge is 0.173 e. The summed E-state index contributed by atoms with van der Waals surface area (Å²) < 4.78 is 0. The predicted octanol–water partition coefficient (Wildman–Crippen LogP) is -0.763. The molecule has 58 valence electrons. The fraction of sp³-hybridized carbons (Fsp3) is 0.625. The van der Waals surface area contributed by atoms with Crippen LogP contribution in [0.5, 0.6) is 0 Å². The van der Waals surface area contributed by atoms with E-state index in [1.54, 1.807) is 0 Å². The Morgan fingerprint density at radius 2 is 2.27 bits per heavy atom. The molecule has 0 aliphatic heterocycles. The average molecular weight is 152 g/mol. The molecule has 2 N–H and O–H groups in total. The molecule has 0 heterocycles. The van der Waals surface area contributed by atoms with Crippen molar-refractivity contribution in [3.63, 3.8) is 0 Å². The molecule has 4 atom stereocenters. The number of Topliss-reactive ketones (excluding diaryl/α,β-unsaturated/α-hetero) is 1. The first-order chi connectivity index (χ1) is 5.18. The standard InChI is InChI=1S/C8H8O3/c9-5-3-1-4-6(10)8(4,2-3)7(5)11/h1,3,5,7,9,11H,2H2. The molecule has 2 saturated carbocycles. The summed E-state index contributed by atoms with van der Waals surface area (Å²) in [6.45, 7) is 0. The fourth-order valence-electron chi connectivity index (χ4n) is 2.56. The van der Waals surface area contributed by atoms with Gasteiger partial charge in [-0.25, -0.2) is 0 Å². The van der Waals surface area contributed by atoms with Crippen molar-refractivity contribution >= 4 is 5.78 Å². The van der Waals surface area contributed by atoms with Gasteiger partial charge in [-0.3, -0.25) is 4.79 Å². The number of hydrogen-bond acceptors (Lipinski definition) is 3. The van der Waals surface area contributed by atoms with Gasteiger partial charge < -0.3 is 10.2 Å². The van der Waals surface area contributed by atoms with E-state index in [0.29, 0.717) is 6.42 Å². The molecule has 3 aliphatic carbocycles. The zero-order chi connectivity index (χ0) is 7.80. The lowest BCUT2D eigenvalue weighted by Crippen LogP contribution is -2.31. The molecule has 2 bridgehead atoms. The maximum absolute atomic E-state index is 11.1. The van der Waals surface area contributed by atoms with Crippen molar-refractivity contribution in [2.24, 2.45) is 11.3 Å². The zero-order valence-electron chi connectivity index (χ0n) is 5.82. The van der Waals surface area contributed by atoms with Crippen LogP contribution in [0.15, 0.2) is 11.6 Å². The minimum Gasteiger partial charge on any atom is -0.390 e. The van der Waals surface area contributed by atoms with Crippen molar-refractivity contribution in [3.05, 3.63) is 11.6 Å². The van der Waals surface area contributed by atoms with E-state index in [1.807, 2.05) is 6.08 Å². The van der Waals surface area contributed by atoms with Crippen molar-refractivity contribution in [1.82, 2.24) is 0 Å². The summed E-state index contributed by atoms with van der Waals surface area (Å²) in [4.78, 5) is 11.1. The van der Waals surface area contributed by atoms with Crippen LogP contribution < -0.4 is 0 Å². The highest BCUT2D eigenvalue weighted by Gasteiger charge is 2.74. The third-order valence-electron chi connectivity index (χ3n) is 3.27. The van der Waals surface area contributed by atoms with Crippen molar-refractivity contribution < 1.29 is 15.0 Å². The molecular formula is C8H8O3. The van der Waals surface area contributed by atoms with E-state index in [0.717, 1.165) is 5.57 Å². The van der Waals surface area contributed by atoms with Crippen LogP contribution in [-0.2, 0) is 4.79 Å². The Labute approximate surface area is 63.3 Å². The van der Waals surface area contributed by atoms with E-state index in [4.69, 9.17) is 0 Å². The second kappa shape index (κ2) is 1.30. The highest BCUT2D eigenvalue weighted by molar-refractivity contribution is 6.23. The number of aliphatic hydroxyl groups excluding tert-OH is 2. The molecule has 1 spiro atoms. The fourth-order valence-corrected chi connectivity index (χ4v) is 2.56. The van der Waals surface area contributed by atoms with Crippen molar-refractivity contribution in [1.29, 1.82) is 0 Å². The number of ketones is 1. The van der Waals surface area contributed by atoms with Gasteiger partial charge >= 0.3 is 0 Å². The molecule has 3 nitrogen and oxygen atoms in total. The lowest BCUT2D eigenvalue weighted by Gasteiger charge is -2.15. The molecular weight excluding hydrogens is 144 g/mol. The van der Waals surface area contributed by atoms with Gasteiger partial charge in [0.25, 0.3) is 0 Å². The molecule has 4 unspecified atom stereocenters. The van der Waals surface area contributed by atoms with Crippen molar-refractivity contribution in [2.45, 2.75) is 18.6 Å². The summed E-state index contributed by atoms with van der Waals surface area (Å²) in [5.74, 6) is 0.0931. The zero-order valence-corrected chi connectivity index (χ0v) is 5.82. The molecule has 2 fully saturated rings. The normalized spacial score (nSPS) is 57.8. The Balaban J connectivity index is 2.17. The van der Waals surface area contributed by atoms with E-state index >= 15 is 0 Å². The molecule has 3 aliphatic rings. The van der Waals surface area contributed by atoms with Crippen LogP contribution in [0.3, 0.4) is 0 Å². The molecule has 0 radical (unpaired) electrons. The SMILES string of the molecule is O=C1C2=CC3CC12C(O)C3O. The quantitative estimate of drug-likeness (QED) is 0.479. The maximum Gasteiger partial charge on any atom is 0.173 e. The molecule has 0 saturated heterocycles. The van der Waals surface area contributed by atoms with Crippen molar-refractivity contribution in [3.8, 4) is 0 Å². The predicted molar refractivity (Wildman–Crippen MR) is 35.6 cm³/mol. The summed E-state index contributed by atoms with van der Waals surface area (Å²) in [7, 11) is 0. The number of aliphatic hydroxyl groups is 2. The minimum absolute atomic E-state index is 0.0395. The number of carbonyl (C=O) groups is 1. The minimum atomic E-state index is -0.819. The van der Waals surface area contributed by atoms with Crippen LogP contribution in [0.4, 0.5) is 0 Å². The second-order valence-electron chi connectivity index (χ2n) is 3.68. The van der Waals surface area contributed by atoms with Gasteiger partial charge in [-0.2, -0.15) is 0 Å². The van der Waals surface area contributed by atoms with Gasteiger partial charge in [0.2, 0.25) is 0 Å². The van der Waals surface area contributed by atoms with Crippen LogP contribution in [0.2, 0.25) is 0 Å².